The molecule has 0 radical (unpaired) electrons. The number of fused-ring (bicyclic) bond motifs is 1. The Labute approximate surface area is 185 Å². The van der Waals surface area contributed by atoms with E-state index in [0.717, 1.165) is 12.8 Å². The second-order valence-corrected chi connectivity index (χ2v) is 9.38. The average Bonchev–Trinajstić information content (AvgIpc) is 2.79. The number of carboxylic acid groups (broad SMARTS) is 1. The number of amides is 1. The van der Waals surface area contributed by atoms with Crippen LogP contribution in [-0.2, 0) is 19.6 Å². The molecule has 1 heterocycles. The molecule has 1 fully saturated rings. The molecule has 1 saturated carbocycles. The summed E-state index contributed by atoms with van der Waals surface area (Å²) in [7, 11) is -3.91. The van der Waals surface area contributed by atoms with Crippen molar-refractivity contribution in [3.8, 4) is 0 Å². The van der Waals surface area contributed by atoms with Crippen molar-refractivity contribution < 1.29 is 23.1 Å². The van der Waals surface area contributed by atoms with Gasteiger partial charge in [0.25, 0.3) is 10.0 Å². The molecule has 1 aromatic heterocycles. The lowest BCUT2D eigenvalue weighted by atomic mass is 9.78. The van der Waals surface area contributed by atoms with Crippen LogP contribution in [0.25, 0.3) is 11.0 Å². The van der Waals surface area contributed by atoms with Gasteiger partial charge in [-0.05, 0) is 49.2 Å². The Morgan fingerprint density at radius 1 is 0.938 bits per heavy atom. The zero-order valence-electron chi connectivity index (χ0n) is 17.1. The molecule has 1 aliphatic carbocycles. The van der Waals surface area contributed by atoms with E-state index in [9.17, 15) is 23.1 Å². The summed E-state index contributed by atoms with van der Waals surface area (Å²) in [6, 6.07) is 12.8. The second-order valence-electron chi connectivity index (χ2n) is 7.70. The summed E-state index contributed by atoms with van der Waals surface area (Å²) in [5.41, 5.74) is 1.61. The van der Waals surface area contributed by atoms with Crippen LogP contribution in [0.1, 0.15) is 25.7 Å². The largest absolute Gasteiger partial charge is 0.481 e. The van der Waals surface area contributed by atoms with Crippen LogP contribution in [0, 0.1) is 11.8 Å². The summed E-state index contributed by atoms with van der Waals surface area (Å²) in [5, 5.41) is 12.1. The summed E-state index contributed by atoms with van der Waals surface area (Å²) in [6.07, 6.45) is 3.95. The highest BCUT2D eigenvalue weighted by Gasteiger charge is 2.35. The highest BCUT2D eigenvalue weighted by Crippen LogP contribution is 2.31. The fourth-order valence-corrected chi connectivity index (χ4v) is 4.88. The number of hydrogen-bond donors (Lipinski definition) is 3. The van der Waals surface area contributed by atoms with Crippen LogP contribution in [-0.4, -0.2) is 35.4 Å². The van der Waals surface area contributed by atoms with Crippen LogP contribution in [0.15, 0.2) is 59.6 Å². The molecule has 32 heavy (non-hydrogen) atoms. The molecule has 1 aliphatic rings. The van der Waals surface area contributed by atoms with Crippen LogP contribution >= 0.6 is 0 Å². The van der Waals surface area contributed by atoms with Gasteiger partial charge in [-0.15, -0.1) is 0 Å². The van der Waals surface area contributed by atoms with Crippen molar-refractivity contribution >= 4 is 44.4 Å². The van der Waals surface area contributed by atoms with Gasteiger partial charge >= 0.3 is 5.97 Å². The number of anilines is 2. The standard InChI is InChI=1S/C22H22N4O5S/c27-21(16-5-1-2-6-17(16)22(28)29)24-14-9-11-15(12-10-14)32(30,31)26-20-13-23-18-7-3-4-8-19(18)25-20/h3-4,7-13,16-17H,1-2,5-6H2,(H,24,27)(H,25,26)(H,28,29)/t16-,17-/m1/s1. The maximum Gasteiger partial charge on any atom is 0.307 e. The van der Waals surface area contributed by atoms with Crippen molar-refractivity contribution in [2.45, 2.75) is 30.6 Å². The molecule has 10 heteroatoms. The molecule has 9 nitrogen and oxygen atoms in total. The zero-order chi connectivity index (χ0) is 22.7. The minimum Gasteiger partial charge on any atom is -0.481 e. The summed E-state index contributed by atoms with van der Waals surface area (Å²) in [5.74, 6) is -2.53. The lowest BCUT2D eigenvalue weighted by molar-refractivity contribution is -0.147. The lowest BCUT2D eigenvalue weighted by Gasteiger charge is -2.27. The quantitative estimate of drug-likeness (QED) is 0.519. The molecule has 1 amide bonds. The van der Waals surface area contributed by atoms with Gasteiger partial charge in [-0.2, -0.15) is 0 Å². The Kier molecular flexibility index (Phi) is 6.04. The predicted molar refractivity (Wildman–Crippen MR) is 119 cm³/mol. The van der Waals surface area contributed by atoms with Crippen molar-refractivity contribution in [1.29, 1.82) is 0 Å². The molecule has 2 aromatic carbocycles. The van der Waals surface area contributed by atoms with Crippen molar-refractivity contribution in [1.82, 2.24) is 9.97 Å². The molecule has 3 aromatic rings. The number of para-hydroxylation sites is 2. The van der Waals surface area contributed by atoms with Crippen molar-refractivity contribution in [2.24, 2.45) is 11.8 Å². The zero-order valence-corrected chi connectivity index (χ0v) is 17.9. The molecule has 0 saturated heterocycles. The predicted octanol–water partition coefficient (Wildman–Crippen LogP) is 3.26. The van der Waals surface area contributed by atoms with Gasteiger partial charge in [0.05, 0.1) is 34.0 Å². The van der Waals surface area contributed by atoms with Gasteiger partial charge in [-0.3, -0.25) is 19.3 Å². The minimum absolute atomic E-state index is 0.00784. The van der Waals surface area contributed by atoms with E-state index >= 15 is 0 Å². The highest BCUT2D eigenvalue weighted by atomic mass is 32.2. The monoisotopic (exact) mass is 454 g/mol. The first-order valence-corrected chi connectivity index (χ1v) is 11.7. The van der Waals surface area contributed by atoms with Gasteiger partial charge in [-0.25, -0.2) is 13.4 Å². The van der Waals surface area contributed by atoms with E-state index in [2.05, 4.69) is 20.0 Å². The van der Waals surface area contributed by atoms with Crippen molar-refractivity contribution in [2.75, 3.05) is 10.0 Å². The number of carbonyl (C=O) groups excluding carboxylic acids is 1. The van der Waals surface area contributed by atoms with Crippen LogP contribution in [0.3, 0.4) is 0 Å². The molecule has 0 spiro atoms. The first kappa shape index (κ1) is 21.7. The number of rotatable bonds is 6. The number of benzene rings is 2. The Morgan fingerprint density at radius 3 is 2.28 bits per heavy atom. The van der Waals surface area contributed by atoms with E-state index in [0.29, 0.717) is 29.6 Å². The number of hydrogen-bond acceptors (Lipinski definition) is 6. The van der Waals surface area contributed by atoms with Gasteiger partial charge in [0.1, 0.15) is 0 Å². The second kappa shape index (κ2) is 8.91. The smallest absolute Gasteiger partial charge is 0.307 e. The van der Waals surface area contributed by atoms with Gasteiger partial charge in [-0.1, -0.05) is 25.0 Å². The third-order valence-corrected chi connectivity index (χ3v) is 6.91. The maximum atomic E-state index is 12.7. The molecule has 0 unspecified atom stereocenters. The van der Waals surface area contributed by atoms with Gasteiger partial charge < -0.3 is 10.4 Å². The van der Waals surface area contributed by atoms with Crippen LogP contribution < -0.4 is 10.0 Å². The van der Waals surface area contributed by atoms with E-state index < -0.39 is 27.8 Å². The molecule has 4 rings (SSSR count). The summed E-state index contributed by atoms with van der Waals surface area (Å²) < 4.78 is 27.8. The third kappa shape index (κ3) is 4.70. The average molecular weight is 455 g/mol. The lowest BCUT2D eigenvalue weighted by Crippen LogP contribution is -2.36. The van der Waals surface area contributed by atoms with Crippen molar-refractivity contribution in [3.05, 3.63) is 54.7 Å². The molecule has 2 atom stereocenters. The van der Waals surface area contributed by atoms with Crippen LogP contribution in [0.2, 0.25) is 0 Å². The fourth-order valence-electron chi connectivity index (χ4n) is 3.90. The first-order chi connectivity index (χ1) is 15.3. The number of aromatic nitrogens is 2. The first-order valence-electron chi connectivity index (χ1n) is 10.2. The van der Waals surface area contributed by atoms with E-state index in [4.69, 9.17) is 0 Å². The number of nitrogens with zero attached hydrogens (tertiary/aromatic N) is 2. The Morgan fingerprint density at radius 2 is 1.59 bits per heavy atom. The third-order valence-electron chi connectivity index (χ3n) is 5.54. The maximum absolute atomic E-state index is 12.7. The van der Waals surface area contributed by atoms with Crippen LogP contribution in [0.4, 0.5) is 11.5 Å². The van der Waals surface area contributed by atoms with Gasteiger partial charge in [0.15, 0.2) is 5.82 Å². The Bertz CT molecular complexity index is 1260. The van der Waals surface area contributed by atoms with Crippen LogP contribution in [0.5, 0.6) is 0 Å². The molecule has 3 N–H and O–H groups in total. The Balaban J connectivity index is 1.46. The number of nitrogens with one attached hydrogen (secondary N) is 2. The molecule has 0 aliphatic heterocycles. The molecule has 0 bridgehead atoms. The number of carbonyl (C=O) groups is 2. The van der Waals surface area contributed by atoms with E-state index in [1.54, 1.807) is 18.2 Å². The highest BCUT2D eigenvalue weighted by molar-refractivity contribution is 7.92. The van der Waals surface area contributed by atoms with E-state index in [1.165, 1.54) is 30.5 Å². The summed E-state index contributed by atoms with van der Waals surface area (Å²) >= 11 is 0. The van der Waals surface area contributed by atoms with E-state index in [-0.39, 0.29) is 16.6 Å². The SMILES string of the molecule is O=C(O)[C@@H]1CCCC[C@H]1C(=O)Nc1ccc(S(=O)(=O)Nc2cnc3ccccc3n2)cc1. The summed E-state index contributed by atoms with van der Waals surface area (Å²) in [4.78, 5) is 32.5. The minimum atomic E-state index is -3.91. The fraction of sp³-hybridized carbons (Fsp3) is 0.273. The Hall–Kier alpha value is -3.53. The number of sulfonamides is 1. The van der Waals surface area contributed by atoms with Gasteiger partial charge in [0, 0.05) is 5.69 Å². The molecular formula is C22H22N4O5S. The van der Waals surface area contributed by atoms with Crippen molar-refractivity contribution in [3.63, 3.8) is 0 Å². The summed E-state index contributed by atoms with van der Waals surface area (Å²) in [6.45, 7) is 0. The van der Waals surface area contributed by atoms with Gasteiger partial charge in [0.2, 0.25) is 5.91 Å². The molecule has 166 valence electrons. The van der Waals surface area contributed by atoms with E-state index in [1.807, 2.05) is 6.07 Å². The number of aliphatic carboxylic acids is 1. The topological polar surface area (TPSA) is 138 Å². The number of carboxylic acids is 1. The molecular weight excluding hydrogens is 432 g/mol. The normalized spacial score (nSPS) is 18.8.